The molecule has 0 saturated carbocycles. The Kier molecular flexibility index (Phi) is 3.30. The first-order chi connectivity index (χ1) is 10.5. The highest BCUT2D eigenvalue weighted by Crippen LogP contribution is 2.42. The molecule has 3 rings (SSSR count). The van der Waals surface area contributed by atoms with Gasteiger partial charge in [0.25, 0.3) is 5.91 Å². The molecule has 0 aromatic heterocycles. The quantitative estimate of drug-likeness (QED) is 0.946. The van der Waals surface area contributed by atoms with Crippen molar-refractivity contribution < 1.29 is 19.4 Å². The van der Waals surface area contributed by atoms with Gasteiger partial charge in [-0.3, -0.25) is 9.69 Å². The molecule has 0 saturated heterocycles. The van der Waals surface area contributed by atoms with E-state index in [1.54, 1.807) is 56.5 Å². The highest BCUT2D eigenvalue weighted by molar-refractivity contribution is 6.11. The Hall–Kier alpha value is -2.53. The highest BCUT2D eigenvalue weighted by atomic mass is 16.5. The van der Waals surface area contributed by atoms with Crippen LogP contribution in [0.4, 0.5) is 5.69 Å². The van der Waals surface area contributed by atoms with E-state index in [-0.39, 0.29) is 5.91 Å². The second-order valence-corrected chi connectivity index (χ2v) is 5.25. The van der Waals surface area contributed by atoms with Gasteiger partial charge in [-0.15, -0.1) is 0 Å². The van der Waals surface area contributed by atoms with E-state index in [9.17, 15) is 9.90 Å². The minimum atomic E-state index is -1.41. The van der Waals surface area contributed by atoms with Crippen molar-refractivity contribution in [2.45, 2.75) is 12.6 Å². The van der Waals surface area contributed by atoms with Gasteiger partial charge in [0.2, 0.25) is 0 Å². The lowest BCUT2D eigenvalue weighted by molar-refractivity contribution is 0.0554. The van der Waals surface area contributed by atoms with E-state index < -0.39 is 5.72 Å². The molecule has 1 aliphatic heterocycles. The van der Waals surface area contributed by atoms with Crippen LogP contribution >= 0.6 is 0 Å². The third-order valence-corrected chi connectivity index (χ3v) is 3.93. The fourth-order valence-corrected chi connectivity index (χ4v) is 2.85. The number of nitrogens with zero attached hydrogens (tertiary/aromatic N) is 1. The molecule has 0 bridgehead atoms. The Balaban J connectivity index is 2.12. The smallest absolute Gasteiger partial charge is 0.261 e. The fourth-order valence-electron chi connectivity index (χ4n) is 2.85. The fraction of sp³-hybridized carbons (Fsp3) is 0.235. The number of ether oxygens (including phenoxy) is 2. The summed E-state index contributed by atoms with van der Waals surface area (Å²) in [7, 11) is 3.07. The largest absolute Gasteiger partial charge is 0.493 e. The van der Waals surface area contributed by atoms with Crippen LogP contribution in [-0.4, -0.2) is 25.2 Å². The van der Waals surface area contributed by atoms with Gasteiger partial charge in [-0.05, 0) is 25.1 Å². The average molecular weight is 299 g/mol. The molecule has 114 valence electrons. The molecule has 2 aromatic carbocycles. The molecule has 22 heavy (non-hydrogen) atoms. The number of benzene rings is 2. The summed E-state index contributed by atoms with van der Waals surface area (Å²) in [6, 6.07) is 12.2. The number of carbonyl (C=O) groups is 1. The SMILES string of the molecule is COc1ccc(N2C(=O)c3ccccc3C2(C)O)cc1OC. The average Bonchev–Trinajstić information content (AvgIpc) is 2.74. The molecule has 5 heteroatoms. The van der Waals surface area contributed by atoms with Gasteiger partial charge >= 0.3 is 0 Å². The van der Waals surface area contributed by atoms with Crippen LogP contribution in [0, 0.1) is 0 Å². The van der Waals surface area contributed by atoms with Crippen molar-refractivity contribution in [1.82, 2.24) is 0 Å². The Labute approximate surface area is 128 Å². The van der Waals surface area contributed by atoms with Crippen molar-refractivity contribution in [3.63, 3.8) is 0 Å². The second-order valence-electron chi connectivity index (χ2n) is 5.25. The van der Waals surface area contributed by atoms with Crippen LogP contribution in [0.25, 0.3) is 0 Å². The zero-order valence-electron chi connectivity index (χ0n) is 12.7. The van der Waals surface area contributed by atoms with E-state index in [4.69, 9.17) is 9.47 Å². The summed E-state index contributed by atoms with van der Waals surface area (Å²) >= 11 is 0. The lowest BCUT2D eigenvalue weighted by atomic mass is 10.0. The molecule has 1 N–H and O–H groups in total. The minimum Gasteiger partial charge on any atom is -0.493 e. The van der Waals surface area contributed by atoms with E-state index in [1.165, 1.54) is 12.0 Å². The Bertz CT molecular complexity index is 739. The Morgan fingerprint density at radius 2 is 1.73 bits per heavy atom. The van der Waals surface area contributed by atoms with Crippen molar-refractivity contribution in [3.05, 3.63) is 53.6 Å². The van der Waals surface area contributed by atoms with Crippen molar-refractivity contribution in [2.24, 2.45) is 0 Å². The van der Waals surface area contributed by atoms with Gasteiger partial charge in [0, 0.05) is 17.2 Å². The second kappa shape index (κ2) is 5.03. The van der Waals surface area contributed by atoms with Crippen molar-refractivity contribution in [3.8, 4) is 11.5 Å². The molecule has 1 aliphatic rings. The van der Waals surface area contributed by atoms with Crippen LogP contribution in [0.5, 0.6) is 11.5 Å². The number of hydrogen-bond donors (Lipinski definition) is 1. The topological polar surface area (TPSA) is 59.0 Å². The summed E-state index contributed by atoms with van der Waals surface area (Å²) in [6.45, 7) is 1.60. The van der Waals surface area contributed by atoms with Gasteiger partial charge in [-0.2, -0.15) is 0 Å². The normalized spacial score (nSPS) is 20.0. The molecule has 5 nitrogen and oxygen atoms in total. The Morgan fingerprint density at radius 1 is 1.05 bits per heavy atom. The number of rotatable bonds is 3. The summed E-state index contributed by atoms with van der Waals surface area (Å²) in [4.78, 5) is 14.0. The molecule has 2 aromatic rings. The van der Waals surface area contributed by atoms with E-state index >= 15 is 0 Å². The number of amides is 1. The lowest BCUT2D eigenvalue weighted by Gasteiger charge is -2.31. The van der Waals surface area contributed by atoms with Crippen LogP contribution in [-0.2, 0) is 5.72 Å². The number of fused-ring (bicyclic) bond motifs is 1. The maximum atomic E-state index is 12.7. The first-order valence-corrected chi connectivity index (χ1v) is 6.89. The van der Waals surface area contributed by atoms with Crippen LogP contribution in [0.3, 0.4) is 0 Å². The summed E-state index contributed by atoms with van der Waals surface area (Å²) in [5.41, 5.74) is 0.230. The summed E-state index contributed by atoms with van der Waals surface area (Å²) in [5, 5.41) is 10.9. The molecular weight excluding hydrogens is 282 g/mol. The zero-order valence-corrected chi connectivity index (χ0v) is 12.7. The van der Waals surface area contributed by atoms with Gasteiger partial charge in [-0.1, -0.05) is 18.2 Å². The molecular formula is C17H17NO4. The van der Waals surface area contributed by atoms with E-state index in [1.807, 2.05) is 0 Å². The first-order valence-electron chi connectivity index (χ1n) is 6.89. The number of anilines is 1. The monoisotopic (exact) mass is 299 g/mol. The van der Waals surface area contributed by atoms with Gasteiger partial charge in [0.15, 0.2) is 17.2 Å². The minimum absolute atomic E-state index is 0.243. The Morgan fingerprint density at radius 3 is 2.36 bits per heavy atom. The number of methoxy groups -OCH3 is 2. The van der Waals surface area contributed by atoms with Gasteiger partial charge in [-0.25, -0.2) is 0 Å². The lowest BCUT2D eigenvalue weighted by Crippen LogP contribution is -2.41. The first kappa shape index (κ1) is 14.4. The molecule has 0 fully saturated rings. The van der Waals surface area contributed by atoms with E-state index in [0.717, 1.165) is 0 Å². The molecule has 1 heterocycles. The third-order valence-electron chi connectivity index (χ3n) is 3.93. The van der Waals surface area contributed by atoms with Crippen molar-refractivity contribution >= 4 is 11.6 Å². The maximum Gasteiger partial charge on any atom is 0.261 e. The zero-order chi connectivity index (χ0) is 15.9. The van der Waals surface area contributed by atoms with Gasteiger partial charge in [0.05, 0.1) is 19.9 Å². The molecule has 0 radical (unpaired) electrons. The summed E-state index contributed by atoms with van der Waals surface area (Å²) in [6.07, 6.45) is 0. The summed E-state index contributed by atoms with van der Waals surface area (Å²) in [5.74, 6) is 0.822. The van der Waals surface area contributed by atoms with Crippen LogP contribution in [0.2, 0.25) is 0 Å². The van der Waals surface area contributed by atoms with E-state index in [2.05, 4.69) is 0 Å². The number of carbonyl (C=O) groups excluding carboxylic acids is 1. The molecule has 1 unspecified atom stereocenters. The van der Waals surface area contributed by atoms with E-state index in [0.29, 0.717) is 28.3 Å². The number of aliphatic hydroxyl groups is 1. The molecule has 0 spiro atoms. The van der Waals surface area contributed by atoms with Crippen LogP contribution in [0.15, 0.2) is 42.5 Å². The van der Waals surface area contributed by atoms with Crippen LogP contribution in [0.1, 0.15) is 22.8 Å². The molecule has 0 aliphatic carbocycles. The van der Waals surface area contributed by atoms with Crippen LogP contribution < -0.4 is 14.4 Å². The predicted molar refractivity (Wildman–Crippen MR) is 82.4 cm³/mol. The summed E-state index contributed by atoms with van der Waals surface area (Å²) < 4.78 is 10.5. The predicted octanol–water partition coefficient (Wildman–Crippen LogP) is 2.53. The standard InChI is InChI=1S/C17H17NO4/c1-17(20)13-7-5-4-6-12(13)16(19)18(17)11-8-9-14(21-2)15(10-11)22-3/h4-10,20H,1-3H3. The molecule has 1 amide bonds. The number of hydrogen-bond acceptors (Lipinski definition) is 4. The van der Waals surface area contributed by atoms with Crippen molar-refractivity contribution in [1.29, 1.82) is 0 Å². The van der Waals surface area contributed by atoms with Gasteiger partial charge < -0.3 is 14.6 Å². The molecule has 1 atom stereocenters. The third kappa shape index (κ3) is 1.94. The van der Waals surface area contributed by atoms with Crippen molar-refractivity contribution in [2.75, 3.05) is 19.1 Å². The maximum absolute atomic E-state index is 12.7. The highest BCUT2D eigenvalue weighted by Gasteiger charge is 2.45. The van der Waals surface area contributed by atoms with Gasteiger partial charge in [0.1, 0.15) is 0 Å².